The summed E-state index contributed by atoms with van der Waals surface area (Å²) in [5, 5.41) is 0. The number of hydrogen-bond donors (Lipinski definition) is 0. The Balaban J connectivity index is 2.19. The molecule has 0 N–H and O–H groups in total. The number of alkyl halides is 2. The van der Waals surface area contributed by atoms with E-state index in [1.165, 1.54) is 25.7 Å². The van der Waals surface area contributed by atoms with Gasteiger partial charge in [0, 0.05) is 7.85 Å². The van der Waals surface area contributed by atoms with E-state index >= 15 is 0 Å². The Labute approximate surface area is 78.1 Å². The number of hydrogen-bond acceptors (Lipinski definition) is 0. The first kappa shape index (κ1) is 7.57. The summed E-state index contributed by atoms with van der Waals surface area (Å²) in [6, 6.07) is 0. The Morgan fingerprint density at radius 3 is 1.25 bits per heavy atom. The van der Waals surface area contributed by atoms with Gasteiger partial charge in [0.05, 0.1) is 0 Å². The van der Waals surface area contributed by atoms with E-state index in [0.29, 0.717) is 0 Å². The van der Waals surface area contributed by atoms with Crippen molar-refractivity contribution in [2.24, 2.45) is 0 Å². The van der Waals surface area contributed by atoms with Crippen LogP contribution in [0.2, 0.25) is 0 Å². The lowest BCUT2D eigenvalue weighted by Gasteiger charge is -2.19. The number of rotatable bonds is 0. The smallest absolute Gasteiger partial charge is 0.0110 e. The average Bonchev–Trinajstić information content (AvgIpc) is 1.77. The van der Waals surface area contributed by atoms with E-state index in [1.807, 2.05) is 0 Å². The average molecular weight is 336 g/mol. The normalized spacial score (nSPS) is 39.8. The predicted molar refractivity (Wildman–Crippen MR) is 54.1 cm³/mol. The SMILES string of the molecule is I[C@H]1CC[C@@H](I)CC1. The first-order valence-corrected chi connectivity index (χ1v) is 5.56. The van der Waals surface area contributed by atoms with Crippen LogP contribution in [0.4, 0.5) is 0 Å². The highest BCUT2D eigenvalue weighted by Crippen LogP contribution is 2.28. The van der Waals surface area contributed by atoms with Gasteiger partial charge in [-0.2, -0.15) is 0 Å². The molecule has 2 heteroatoms. The molecule has 1 saturated carbocycles. The molecule has 0 heterocycles. The van der Waals surface area contributed by atoms with Gasteiger partial charge >= 0.3 is 0 Å². The molecule has 8 heavy (non-hydrogen) atoms. The van der Waals surface area contributed by atoms with E-state index in [9.17, 15) is 0 Å². The maximum absolute atomic E-state index is 2.56. The zero-order valence-electron chi connectivity index (χ0n) is 4.74. The first-order chi connectivity index (χ1) is 3.79. The van der Waals surface area contributed by atoms with Gasteiger partial charge < -0.3 is 0 Å². The standard InChI is InChI=1S/C6H10I2/c7-5-1-2-6(8)4-3-5/h5-6H,1-4H2/t5-,6+. The molecule has 0 nitrogen and oxygen atoms in total. The van der Waals surface area contributed by atoms with Gasteiger partial charge in [0.2, 0.25) is 0 Å². The topological polar surface area (TPSA) is 0 Å². The summed E-state index contributed by atoms with van der Waals surface area (Å²) >= 11 is 5.13. The molecule has 0 radical (unpaired) electrons. The summed E-state index contributed by atoms with van der Waals surface area (Å²) < 4.78 is 1.97. The minimum atomic E-state index is 0.985. The summed E-state index contributed by atoms with van der Waals surface area (Å²) in [6.07, 6.45) is 5.81. The Morgan fingerprint density at radius 2 is 1.00 bits per heavy atom. The van der Waals surface area contributed by atoms with Crippen LogP contribution < -0.4 is 0 Å². The van der Waals surface area contributed by atoms with Crippen LogP contribution in [0.5, 0.6) is 0 Å². The van der Waals surface area contributed by atoms with E-state index < -0.39 is 0 Å². The van der Waals surface area contributed by atoms with E-state index in [0.717, 1.165) is 7.85 Å². The van der Waals surface area contributed by atoms with Gasteiger partial charge in [-0.25, -0.2) is 0 Å². The molecule has 0 amide bonds. The second kappa shape index (κ2) is 3.58. The zero-order chi connectivity index (χ0) is 5.98. The maximum Gasteiger partial charge on any atom is 0.0110 e. The molecule has 1 rings (SSSR count). The first-order valence-electron chi connectivity index (χ1n) is 3.07. The third kappa shape index (κ3) is 2.37. The van der Waals surface area contributed by atoms with Crippen molar-refractivity contribution in [3.63, 3.8) is 0 Å². The maximum atomic E-state index is 2.56. The van der Waals surface area contributed by atoms with Crippen LogP contribution in [0, 0.1) is 0 Å². The summed E-state index contributed by atoms with van der Waals surface area (Å²) in [4.78, 5) is 0. The highest BCUT2D eigenvalue weighted by Gasteiger charge is 2.15. The fourth-order valence-electron chi connectivity index (χ4n) is 1.01. The summed E-state index contributed by atoms with van der Waals surface area (Å²) in [7, 11) is 0. The van der Waals surface area contributed by atoms with Gasteiger partial charge in [-0.3, -0.25) is 0 Å². The van der Waals surface area contributed by atoms with Gasteiger partial charge in [0.25, 0.3) is 0 Å². The molecule has 0 aliphatic heterocycles. The largest absolute Gasteiger partial charge is 0.0826 e. The molecule has 0 unspecified atom stereocenters. The molecule has 0 aromatic heterocycles. The van der Waals surface area contributed by atoms with Crippen LogP contribution in [0.3, 0.4) is 0 Å². The Hall–Kier alpha value is 1.46. The van der Waals surface area contributed by atoms with Crippen molar-refractivity contribution in [2.45, 2.75) is 33.5 Å². The molecule has 0 atom stereocenters. The molecule has 48 valence electrons. The molecular formula is C6H10I2. The fourth-order valence-corrected chi connectivity index (χ4v) is 2.45. The second-order valence-corrected chi connectivity index (χ2v) is 5.87. The van der Waals surface area contributed by atoms with Crippen molar-refractivity contribution >= 4 is 45.2 Å². The van der Waals surface area contributed by atoms with E-state index in [1.54, 1.807) is 0 Å². The molecule has 0 bridgehead atoms. The van der Waals surface area contributed by atoms with Crippen LogP contribution in [-0.2, 0) is 0 Å². The highest BCUT2D eigenvalue weighted by atomic mass is 127. The lowest BCUT2D eigenvalue weighted by atomic mass is 10.0. The van der Waals surface area contributed by atoms with Crippen LogP contribution >= 0.6 is 45.2 Å². The van der Waals surface area contributed by atoms with Gasteiger partial charge in [-0.05, 0) is 25.7 Å². The van der Waals surface area contributed by atoms with Gasteiger partial charge in [0.15, 0.2) is 0 Å². The van der Waals surface area contributed by atoms with Crippen molar-refractivity contribution in [2.75, 3.05) is 0 Å². The van der Waals surface area contributed by atoms with Crippen molar-refractivity contribution in [3.8, 4) is 0 Å². The predicted octanol–water partition coefficient (Wildman–Crippen LogP) is 3.17. The molecule has 1 aliphatic carbocycles. The monoisotopic (exact) mass is 336 g/mol. The summed E-state index contributed by atoms with van der Waals surface area (Å²) in [6.45, 7) is 0. The third-order valence-corrected chi connectivity index (χ3v) is 4.08. The third-order valence-electron chi connectivity index (χ3n) is 1.59. The molecule has 1 aliphatic rings. The molecule has 0 saturated heterocycles. The molecule has 1 fully saturated rings. The Bertz CT molecular complexity index is 54.9. The van der Waals surface area contributed by atoms with E-state index in [-0.39, 0.29) is 0 Å². The lowest BCUT2D eigenvalue weighted by Crippen LogP contribution is -2.12. The zero-order valence-corrected chi connectivity index (χ0v) is 9.05. The van der Waals surface area contributed by atoms with Gasteiger partial charge in [-0.1, -0.05) is 45.2 Å². The van der Waals surface area contributed by atoms with Crippen LogP contribution in [-0.4, -0.2) is 7.85 Å². The molecule has 0 spiro atoms. The Morgan fingerprint density at radius 1 is 0.750 bits per heavy atom. The molecule has 0 aromatic rings. The number of halogens is 2. The van der Waals surface area contributed by atoms with Gasteiger partial charge in [-0.15, -0.1) is 0 Å². The fraction of sp³-hybridized carbons (Fsp3) is 1.00. The second-order valence-electron chi connectivity index (χ2n) is 2.35. The highest BCUT2D eigenvalue weighted by molar-refractivity contribution is 14.1. The van der Waals surface area contributed by atoms with Crippen LogP contribution in [0.15, 0.2) is 0 Å². The van der Waals surface area contributed by atoms with Crippen LogP contribution in [0.25, 0.3) is 0 Å². The molecule has 0 aromatic carbocycles. The van der Waals surface area contributed by atoms with Crippen LogP contribution in [0.1, 0.15) is 25.7 Å². The quantitative estimate of drug-likeness (QED) is 0.471. The lowest BCUT2D eigenvalue weighted by molar-refractivity contribution is 0.554. The van der Waals surface area contributed by atoms with Crippen molar-refractivity contribution in [3.05, 3.63) is 0 Å². The van der Waals surface area contributed by atoms with Gasteiger partial charge in [0.1, 0.15) is 0 Å². The molecular weight excluding hydrogens is 326 g/mol. The minimum absolute atomic E-state index is 0.985. The van der Waals surface area contributed by atoms with Crippen molar-refractivity contribution < 1.29 is 0 Å². The Kier molecular flexibility index (Phi) is 3.39. The summed E-state index contributed by atoms with van der Waals surface area (Å²) in [5.74, 6) is 0. The van der Waals surface area contributed by atoms with E-state index in [2.05, 4.69) is 45.2 Å². The van der Waals surface area contributed by atoms with E-state index in [4.69, 9.17) is 0 Å². The summed E-state index contributed by atoms with van der Waals surface area (Å²) in [5.41, 5.74) is 0. The van der Waals surface area contributed by atoms with Crippen molar-refractivity contribution in [1.82, 2.24) is 0 Å². The minimum Gasteiger partial charge on any atom is -0.0826 e. The van der Waals surface area contributed by atoms with Crippen molar-refractivity contribution in [1.29, 1.82) is 0 Å².